The molecule has 0 amide bonds. The minimum Gasteiger partial charge on any atom is -0.248 e. The first kappa shape index (κ1) is 15.2. The predicted octanol–water partition coefficient (Wildman–Crippen LogP) is 4.04. The van der Waals surface area contributed by atoms with Gasteiger partial charge in [0, 0.05) is 21.6 Å². The topological polar surface area (TPSA) is 52.0 Å². The van der Waals surface area contributed by atoms with Crippen LogP contribution in [0.25, 0.3) is 0 Å². The Morgan fingerprint density at radius 3 is 2.33 bits per heavy atom. The summed E-state index contributed by atoms with van der Waals surface area (Å²) in [4.78, 5) is -0.0534. The normalized spacial score (nSPS) is 15.4. The van der Waals surface area contributed by atoms with Crippen molar-refractivity contribution >= 4 is 42.9 Å². The average molecular weight is 366 g/mol. The van der Waals surface area contributed by atoms with Crippen molar-refractivity contribution in [3.63, 3.8) is 0 Å². The van der Waals surface area contributed by atoms with Crippen molar-refractivity contribution in [3.8, 4) is 0 Å². The molecule has 1 aromatic heterocycles. The van der Waals surface area contributed by atoms with Gasteiger partial charge in [0.15, 0.2) is 0 Å². The van der Waals surface area contributed by atoms with Gasteiger partial charge in [-0.2, -0.15) is 5.10 Å². The smallest absolute Gasteiger partial charge is 0.248 e. The van der Waals surface area contributed by atoms with E-state index in [9.17, 15) is 8.42 Å². The van der Waals surface area contributed by atoms with Crippen molar-refractivity contribution in [1.29, 1.82) is 0 Å². The molecule has 1 aromatic carbocycles. The number of nitrogens with zero attached hydrogens (tertiary/aromatic N) is 2. The fraction of sp³-hybridized carbons (Fsp3) is 0.308. The van der Waals surface area contributed by atoms with Crippen molar-refractivity contribution in [2.24, 2.45) is 0 Å². The predicted molar refractivity (Wildman–Crippen MR) is 82.8 cm³/mol. The lowest BCUT2D eigenvalue weighted by atomic mass is 10.2. The van der Waals surface area contributed by atoms with Crippen molar-refractivity contribution in [3.05, 3.63) is 45.7 Å². The number of aromatic nitrogens is 2. The molecular weight excluding hydrogens is 355 g/mol. The van der Waals surface area contributed by atoms with Gasteiger partial charge < -0.3 is 0 Å². The number of rotatable bonds is 4. The van der Waals surface area contributed by atoms with E-state index < -0.39 is 9.05 Å². The minimum absolute atomic E-state index is 0.0534. The van der Waals surface area contributed by atoms with E-state index in [0.29, 0.717) is 17.3 Å². The average Bonchev–Trinajstić information content (AvgIpc) is 3.17. The molecule has 0 radical (unpaired) electrons. The molecule has 0 N–H and O–H groups in total. The molecule has 0 bridgehead atoms. The molecule has 8 heteroatoms. The Morgan fingerprint density at radius 1 is 1.19 bits per heavy atom. The van der Waals surface area contributed by atoms with E-state index >= 15 is 0 Å². The SMILES string of the molecule is O=S(=O)(Cl)c1c(C2CC2)nn(Cc2ccc(Cl)cc2)c1Cl. The molecule has 0 aliphatic heterocycles. The summed E-state index contributed by atoms with van der Waals surface area (Å²) in [5.41, 5.74) is 1.40. The molecule has 0 spiro atoms. The highest BCUT2D eigenvalue weighted by molar-refractivity contribution is 8.13. The van der Waals surface area contributed by atoms with E-state index in [-0.39, 0.29) is 16.0 Å². The van der Waals surface area contributed by atoms with Gasteiger partial charge in [0.05, 0.1) is 12.2 Å². The Kier molecular flexibility index (Phi) is 3.94. The van der Waals surface area contributed by atoms with Crippen LogP contribution in [-0.2, 0) is 15.6 Å². The molecular formula is C13H11Cl3N2O2S. The third-order valence-electron chi connectivity index (χ3n) is 3.33. The van der Waals surface area contributed by atoms with Gasteiger partial charge >= 0.3 is 0 Å². The third-order valence-corrected chi connectivity index (χ3v) is 5.43. The molecule has 0 unspecified atom stereocenters. The number of hydrogen-bond acceptors (Lipinski definition) is 3. The van der Waals surface area contributed by atoms with Crippen LogP contribution < -0.4 is 0 Å². The van der Waals surface area contributed by atoms with Gasteiger partial charge in [0.25, 0.3) is 9.05 Å². The molecule has 4 nitrogen and oxygen atoms in total. The number of halogens is 3. The fourth-order valence-electron chi connectivity index (χ4n) is 2.16. The molecule has 1 aliphatic carbocycles. The van der Waals surface area contributed by atoms with Crippen molar-refractivity contribution in [2.75, 3.05) is 0 Å². The summed E-state index contributed by atoms with van der Waals surface area (Å²) >= 11 is 12.0. The lowest BCUT2D eigenvalue weighted by molar-refractivity contribution is 0.608. The second-order valence-corrected chi connectivity index (χ2v) is 8.30. The Morgan fingerprint density at radius 2 is 1.81 bits per heavy atom. The quantitative estimate of drug-likeness (QED) is 0.768. The van der Waals surface area contributed by atoms with Gasteiger partial charge in [-0.1, -0.05) is 35.3 Å². The molecule has 0 saturated heterocycles. The number of hydrogen-bond donors (Lipinski definition) is 0. The third kappa shape index (κ3) is 3.21. The van der Waals surface area contributed by atoms with Gasteiger partial charge in [-0.15, -0.1) is 0 Å². The molecule has 2 aromatic rings. The Hall–Kier alpha value is -0.750. The van der Waals surface area contributed by atoms with Crippen LogP contribution in [0.15, 0.2) is 29.2 Å². The molecule has 112 valence electrons. The first-order valence-corrected chi connectivity index (χ1v) is 9.38. The Balaban J connectivity index is 2.01. The fourth-order valence-corrected chi connectivity index (χ4v) is 4.12. The van der Waals surface area contributed by atoms with Crippen LogP contribution in [0.1, 0.15) is 30.0 Å². The van der Waals surface area contributed by atoms with Gasteiger partial charge in [-0.25, -0.2) is 13.1 Å². The maximum atomic E-state index is 11.7. The molecule has 0 atom stereocenters. The summed E-state index contributed by atoms with van der Waals surface area (Å²) < 4.78 is 24.9. The van der Waals surface area contributed by atoms with E-state index in [0.717, 1.165) is 18.4 Å². The van der Waals surface area contributed by atoms with Gasteiger partial charge in [0.1, 0.15) is 10.0 Å². The van der Waals surface area contributed by atoms with Crippen LogP contribution in [0.5, 0.6) is 0 Å². The van der Waals surface area contributed by atoms with Crippen LogP contribution in [0.3, 0.4) is 0 Å². The van der Waals surface area contributed by atoms with Gasteiger partial charge in [-0.3, -0.25) is 0 Å². The summed E-state index contributed by atoms with van der Waals surface area (Å²) in [7, 11) is 1.58. The Bertz CT molecular complexity index is 780. The van der Waals surface area contributed by atoms with Crippen LogP contribution >= 0.6 is 33.9 Å². The van der Waals surface area contributed by atoms with E-state index in [1.165, 1.54) is 4.68 Å². The molecule has 21 heavy (non-hydrogen) atoms. The lowest BCUT2D eigenvalue weighted by Crippen LogP contribution is -2.02. The van der Waals surface area contributed by atoms with Crippen molar-refractivity contribution < 1.29 is 8.42 Å². The van der Waals surface area contributed by atoms with Crippen LogP contribution in [0.2, 0.25) is 10.2 Å². The van der Waals surface area contributed by atoms with Crippen molar-refractivity contribution in [1.82, 2.24) is 9.78 Å². The lowest BCUT2D eigenvalue weighted by Gasteiger charge is -2.03. The summed E-state index contributed by atoms with van der Waals surface area (Å²) in [5.74, 6) is 0.137. The zero-order valence-corrected chi connectivity index (χ0v) is 13.8. The van der Waals surface area contributed by atoms with E-state index in [1.807, 2.05) is 12.1 Å². The molecule has 1 fully saturated rings. The second kappa shape index (κ2) is 5.47. The molecule has 1 saturated carbocycles. The molecule has 1 heterocycles. The summed E-state index contributed by atoms with van der Waals surface area (Å²) in [6.07, 6.45) is 1.82. The van der Waals surface area contributed by atoms with Gasteiger partial charge in [-0.05, 0) is 30.5 Å². The Labute approximate surface area is 137 Å². The van der Waals surface area contributed by atoms with Crippen LogP contribution in [0, 0.1) is 0 Å². The first-order chi connectivity index (χ1) is 9.86. The van der Waals surface area contributed by atoms with E-state index in [2.05, 4.69) is 5.10 Å². The monoisotopic (exact) mass is 364 g/mol. The molecule has 3 rings (SSSR count). The second-order valence-electron chi connectivity index (χ2n) is 5.00. The maximum Gasteiger partial charge on any atom is 0.266 e. The number of benzene rings is 1. The highest BCUT2D eigenvalue weighted by atomic mass is 35.7. The van der Waals surface area contributed by atoms with E-state index in [4.69, 9.17) is 33.9 Å². The zero-order chi connectivity index (χ0) is 15.2. The zero-order valence-electron chi connectivity index (χ0n) is 10.8. The standard InChI is InChI=1S/C13H11Cl3N2O2S/c14-10-5-1-8(2-6-10)7-18-13(15)12(21(16,19)20)11(17-18)9-3-4-9/h1-2,5-6,9H,3-4,7H2. The maximum absolute atomic E-state index is 11.7. The molecule has 1 aliphatic rings. The summed E-state index contributed by atoms with van der Waals surface area (Å²) in [6, 6.07) is 7.20. The first-order valence-electron chi connectivity index (χ1n) is 6.31. The van der Waals surface area contributed by atoms with Crippen LogP contribution in [0.4, 0.5) is 0 Å². The highest BCUT2D eigenvalue weighted by Gasteiger charge is 2.36. The minimum atomic E-state index is -3.91. The summed E-state index contributed by atoms with van der Waals surface area (Å²) in [5, 5.41) is 5.03. The van der Waals surface area contributed by atoms with Crippen molar-refractivity contribution in [2.45, 2.75) is 30.2 Å². The highest BCUT2D eigenvalue weighted by Crippen LogP contribution is 2.45. The van der Waals surface area contributed by atoms with Crippen LogP contribution in [-0.4, -0.2) is 18.2 Å². The largest absolute Gasteiger partial charge is 0.266 e. The van der Waals surface area contributed by atoms with E-state index in [1.54, 1.807) is 12.1 Å². The summed E-state index contributed by atoms with van der Waals surface area (Å²) in [6.45, 7) is 0.363. The van der Waals surface area contributed by atoms with Gasteiger partial charge in [0.2, 0.25) is 0 Å².